The number of allylic oxidation sites excluding steroid dienone is 6. The van der Waals surface area contributed by atoms with E-state index in [1.165, 1.54) is 106 Å². The molecule has 0 aromatic heterocycles. The van der Waals surface area contributed by atoms with Gasteiger partial charge in [0.15, 0.2) is 0 Å². The molecule has 12 rings (SSSR count). The summed E-state index contributed by atoms with van der Waals surface area (Å²) < 4.78 is 0. The summed E-state index contributed by atoms with van der Waals surface area (Å²) in [6, 6.07) is 61.0. The van der Waals surface area contributed by atoms with Crippen molar-refractivity contribution < 1.29 is 0 Å². The molecule has 0 unspecified atom stereocenters. The molecular weight excluding hydrogens is 685 g/mol. The Kier molecular flexibility index (Phi) is 6.60. The van der Waals surface area contributed by atoms with Gasteiger partial charge in [0.2, 0.25) is 0 Å². The van der Waals surface area contributed by atoms with Crippen LogP contribution in [-0.4, -0.2) is 0 Å². The summed E-state index contributed by atoms with van der Waals surface area (Å²) in [5, 5.41) is 0. The minimum atomic E-state index is -0.530. The van der Waals surface area contributed by atoms with Gasteiger partial charge in [-0.25, -0.2) is 0 Å². The van der Waals surface area contributed by atoms with Crippen molar-refractivity contribution in [2.45, 2.75) is 50.4 Å². The zero-order valence-electron chi connectivity index (χ0n) is 33.0. The standard InChI is InChI=1S/C57H44/c1-35(2)36-28-31-43-44-32-29-37(34-53(44)55(3,4)45(43)33-30-36)38-20-15-27-52-54(38)57(48-23-11-7-18-41(48)42-19-8-12-24-49(42)57)51-26-14-13-25-50(51)56(52)46-21-9-5-16-39(46)40-17-6-10-22-47(40)56/h5-32,34-35H,33H2,1-4H3. The van der Waals surface area contributed by atoms with E-state index < -0.39 is 10.8 Å². The Morgan fingerprint density at radius 1 is 0.421 bits per heavy atom. The number of benzene rings is 7. The van der Waals surface area contributed by atoms with Crippen LogP contribution in [0.2, 0.25) is 0 Å². The summed E-state index contributed by atoms with van der Waals surface area (Å²) in [6.45, 7) is 9.50. The van der Waals surface area contributed by atoms with Gasteiger partial charge in [-0.05, 0) is 124 Å². The predicted octanol–water partition coefficient (Wildman–Crippen LogP) is 14.0. The molecule has 7 aromatic carbocycles. The summed E-state index contributed by atoms with van der Waals surface area (Å²) in [7, 11) is 0. The largest absolute Gasteiger partial charge is 0.0769 e. The average molecular weight is 729 g/mol. The van der Waals surface area contributed by atoms with E-state index in [1.807, 2.05) is 0 Å². The second-order valence-electron chi connectivity index (χ2n) is 17.6. The zero-order chi connectivity index (χ0) is 38.3. The predicted molar refractivity (Wildman–Crippen MR) is 237 cm³/mol. The molecule has 0 radical (unpaired) electrons. The van der Waals surface area contributed by atoms with Gasteiger partial charge in [0.25, 0.3) is 0 Å². The van der Waals surface area contributed by atoms with Crippen LogP contribution in [0.1, 0.15) is 89.8 Å². The summed E-state index contributed by atoms with van der Waals surface area (Å²) >= 11 is 0. The van der Waals surface area contributed by atoms with E-state index in [-0.39, 0.29) is 5.41 Å². The van der Waals surface area contributed by atoms with Gasteiger partial charge in [0.05, 0.1) is 10.8 Å². The molecule has 272 valence electrons. The Hall–Kier alpha value is -6.24. The lowest BCUT2D eigenvalue weighted by molar-refractivity contribution is 0.624. The molecule has 0 saturated carbocycles. The van der Waals surface area contributed by atoms with Gasteiger partial charge in [-0.1, -0.05) is 198 Å². The quantitative estimate of drug-likeness (QED) is 0.166. The van der Waals surface area contributed by atoms with Gasteiger partial charge in [-0.15, -0.1) is 0 Å². The first-order chi connectivity index (χ1) is 27.9. The van der Waals surface area contributed by atoms with E-state index >= 15 is 0 Å². The van der Waals surface area contributed by atoms with Crippen molar-refractivity contribution in [2.24, 2.45) is 5.92 Å². The molecule has 0 heterocycles. The van der Waals surface area contributed by atoms with Gasteiger partial charge in [0, 0.05) is 5.41 Å². The van der Waals surface area contributed by atoms with Crippen LogP contribution < -0.4 is 0 Å². The second-order valence-corrected chi connectivity index (χ2v) is 17.6. The highest BCUT2D eigenvalue weighted by Crippen LogP contribution is 2.68. The van der Waals surface area contributed by atoms with E-state index in [1.54, 1.807) is 0 Å². The SMILES string of the molecule is CC(C)C1=CCC2=C(C=C1)c1ccc(-c3cccc4c3C3(c5ccccc5-c5ccccc53)c3ccccc3C43c4ccccc4-c4ccccc43)cc1C2(C)C. The minimum Gasteiger partial charge on any atom is -0.0769 e. The molecule has 2 spiro atoms. The van der Waals surface area contributed by atoms with Crippen molar-refractivity contribution in [3.8, 4) is 33.4 Å². The van der Waals surface area contributed by atoms with Gasteiger partial charge in [-0.2, -0.15) is 0 Å². The van der Waals surface area contributed by atoms with E-state index in [2.05, 4.69) is 204 Å². The monoisotopic (exact) mass is 728 g/mol. The Labute approximate surface area is 336 Å². The molecule has 0 atom stereocenters. The molecule has 57 heavy (non-hydrogen) atoms. The molecule has 5 aliphatic carbocycles. The van der Waals surface area contributed by atoms with Gasteiger partial charge in [0.1, 0.15) is 0 Å². The number of hydrogen-bond acceptors (Lipinski definition) is 0. The third-order valence-electron chi connectivity index (χ3n) is 14.5. The van der Waals surface area contributed by atoms with Gasteiger partial charge >= 0.3 is 0 Å². The highest BCUT2D eigenvalue weighted by atomic mass is 14.6. The van der Waals surface area contributed by atoms with Crippen molar-refractivity contribution in [3.05, 3.63) is 243 Å². The molecule has 5 aliphatic rings. The van der Waals surface area contributed by atoms with Crippen molar-refractivity contribution in [3.63, 3.8) is 0 Å². The molecule has 0 heteroatoms. The van der Waals surface area contributed by atoms with Crippen molar-refractivity contribution >= 4 is 5.57 Å². The van der Waals surface area contributed by atoms with E-state index in [0.717, 1.165) is 6.42 Å². The van der Waals surface area contributed by atoms with Crippen LogP contribution in [-0.2, 0) is 16.2 Å². The van der Waals surface area contributed by atoms with E-state index in [0.29, 0.717) is 5.92 Å². The van der Waals surface area contributed by atoms with Crippen LogP contribution in [0, 0.1) is 5.92 Å². The van der Waals surface area contributed by atoms with Gasteiger partial charge in [-0.3, -0.25) is 0 Å². The molecule has 0 saturated heterocycles. The fourth-order valence-corrected chi connectivity index (χ4v) is 12.1. The lowest BCUT2D eigenvalue weighted by Gasteiger charge is -2.49. The average Bonchev–Trinajstić information content (AvgIpc) is 3.68. The Bertz CT molecular complexity index is 2900. The Morgan fingerprint density at radius 2 is 0.895 bits per heavy atom. The maximum atomic E-state index is 2.56. The fraction of sp³-hybridized carbons (Fsp3) is 0.158. The number of hydrogen-bond donors (Lipinski definition) is 0. The van der Waals surface area contributed by atoms with Crippen molar-refractivity contribution in [2.75, 3.05) is 0 Å². The van der Waals surface area contributed by atoms with Crippen LogP contribution >= 0.6 is 0 Å². The normalized spacial score (nSPS) is 17.6. The summed E-state index contributed by atoms with van der Waals surface area (Å²) in [5.41, 5.74) is 25.0. The van der Waals surface area contributed by atoms with Crippen LogP contribution in [0.5, 0.6) is 0 Å². The van der Waals surface area contributed by atoms with Crippen LogP contribution in [0.4, 0.5) is 0 Å². The highest BCUT2D eigenvalue weighted by molar-refractivity contribution is 5.97. The fourth-order valence-electron chi connectivity index (χ4n) is 12.1. The third-order valence-corrected chi connectivity index (χ3v) is 14.5. The Morgan fingerprint density at radius 3 is 1.46 bits per heavy atom. The molecule has 0 amide bonds. The Balaban J connectivity index is 1.21. The van der Waals surface area contributed by atoms with E-state index in [9.17, 15) is 0 Å². The maximum Gasteiger partial charge on any atom is 0.0725 e. The number of rotatable bonds is 2. The molecule has 0 bridgehead atoms. The molecule has 7 aromatic rings. The first-order valence-electron chi connectivity index (χ1n) is 20.8. The molecule has 0 fully saturated rings. The maximum absolute atomic E-state index is 2.56. The first-order valence-corrected chi connectivity index (χ1v) is 20.8. The molecular formula is C57H44. The molecule has 0 nitrogen and oxygen atoms in total. The molecule has 0 N–H and O–H groups in total. The zero-order valence-corrected chi connectivity index (χ0v) is 33.0. The lowest BCUT2D eigenvalue weighted by Crippen LogP contribution is -2.44. The van der Waals surface area contributed by atoms with Crippen molar-refractivity contribution in [1.82, 2.24) is 0 Å². The lowest BCUT2D eigenvalue weighted by atomic mass is 9.51. The van der Waals surface area contributed by atoms with Crippen LogP contribution in [0.3, 0.4) is 0 Å². The van der Waals surface area contributed by atoms with E-state index in [4.69, 9.17) is 0 Å². The topological polar surface area (TPSA) is 0 Å². The summed E-state index contributed by atoms with van der Waals surface area (Å²) in [6.07, 6.45) is 8.23. The number of fused-ring (bicyclic) bond motifs is 18. The third kappa shape index (κ3) is 3.94. The first kappa shape index (κ1) is 33.0. The van der Waals surface area contributed by atoms with Crippen LogP contribution in [0.15, 0.2) is 187 Å². The minimum absolute atomic E-state index is 0.0931. The van der Waals surface area contributed by atoms with Gasteiger partial charge < -0.3 is 0 Å². The highest BCUT2D eigenvalue weighted by Gasteiger charge is 2.59. The van der Waals surface area contributed by atoms with Crippen molar-refractivity contribution in [1.29, 1.82) is 0 Å². The second kappa shape index (κ2) is 11.4. The summed E-state index contributed by atoms with van der Waals surface area (Å²) in [4.78, 5) is 0. The smallest absolute Gasteiger partial charge is 0.0725 e. The summed E-state index contributed by atoms with van der Waals surface area (Å²) in [5.74, 6) is 0.515. The molecule has 0 aliphatic heterocycles. The van der Waals surface area contributed by atoms with Crippen LogP contribution in [0.25, 0.3) is 39.0 Å².